The first-order valence-electron chi connectivity index (χ1n) is 11.7. The van der Waals surface area contributed by atoms with Crippen molar-refractivity contribution in [3.05, 3.63) is 90.0 Å². The van der Waals surface area contributed by atoms with Crippen LogP contribution in [0.15, 0.2) is 78.8 Å². The third-order valence-electron chi connectivity index (χ3n) is 6.15. The Morgan fingerprint density at radius 3 is 2.61 bits per heavy atom. The summed E-state index contributed by atoms with van der Waals surface area (Å²) in [7, 11) is 6.25. The molecule has 0 saturated carbocycles. The number of hydrogen-bond acceptors (Lipinski definition) is 8. The molecule has 186 valence electrons. The van der Waals surface area contributed by atoms with Gasteiger partial charge in [-0.15, -0.1) is 0 Å². The van der Waals surface area contributed by atoms with E-state index in [4.69, 9.17) is 10.7 Å². The highest BCUT2D eigenvalue weighted by Gasteiger charge is 2.21. The van der Waals surface area contributed by atoms with Gasteiger partial charge in [0.25, 0.3) is 5.91 Å². The number of aromatic nitrogens is 2. The van der Waals surface area contributed by atoms with Gasteiger partial charge in [0.2, 0.25) is 5.95 Å². The third-order valence-corrected chi connectivity index (χ3v) is 6.15. The molecule has 5 N–H and O–H groups in total. The molecule has 0 spiro atoms. The summed E-state index contributed by atoms with van der Waals surface area (Å²) in [5.74, 6) is 0.227. The minimum Gasteiger partial charge on any atom is -0.397 e. The van der Waals surface area contributed by atoms with Crippen molar-refractivity contribution in [1.82, 2.24) is 25.1 Å². The van der Waals surface area contributed by atoms with E-state index in [0.29, 0.717) is 22.9 Å². The van der Waals surface area contributed by atoms with Gasteiger partial charge in [-0.05, 0) is 69.7 Å². The van der Waals surface area contributed by atoms with E-state index in [1.54, 1.807) is 30.5 Å². The number of para-hydroxylation sites is 2. The number of carbonyl (C=O) groups excluding carboxylic acids is 1. The first kappa shape index (κ1) is 24.7. The molecule has 9 nitrogen and oxygen atoms in total. The minimum atomic E-state index is -0.233. The molecule has 0 aliphatic carbocycles. The number of hydrogen-bond donors (Lipinski definition) is 4. The molecule has 3 aromatic rings. The Morgan fingerprint density at radius 1 is 1.14 bits per heavy atom. The lowest BCUT2D eigenvalue weighted by Gasteiger charge is -2.36. The molecule has 0 saturated heterocycles. The van der Waals surface area contributed by atoms with Crippen molar-refractivity contribution in [1.29, 1.82) is 0 Å². The van der Waals surface area contributed by atoms with Crippen LogP contribution in [0.2, 0.25) is 0 Å². The average Bonchev–Trinajstić information content (AvgIpc) is 2.86. The summed E-state index contributed by atoms with van der Waals surface area (Å²) in [5, 5.41) is 9.44. The molecule has 1 aromatic heterocycles. The number of benzene rings is 2. The quantitative estimate of drug-likeness (QED) is 0.388. The molecule has 36 heavy (non-hydrogen) atoms. The fourth-order valence-corrected chi connectivity index (χ4v) is 4.01. The predicted molar refractivity (Wildman–Crippen MR) is 145 cm³/mol. The SMILES string of the molecule is CC1=C(c2ccnc(Nc3ccc(C(=O)Nc4ccccc4N)cc3)n2)NC=CCC(N(C)C)N1C. The van der Waals surface area contributed by atoms with E-state index in [-0.39, 0.29) is 12.1 Å². The highest BCUT2D eigenvalue weighted by Crippen LogP contribution is 2.24. The number of nitrogens with one attached hydrogen (secondary N) is 3. The van der Waals surface area contributed by atoms with Crippen LogP contribution in [-0.2, 0) is 0 Å². The number of anilines is 4. The van der Waals surface area contributed by atoms with Crippen LogP contribution in [0.4, 0.5) is 23.0 Å². The van der Waals surface area contributed by atoms with Crippen molar-refractivity contribution in [3.8, 4) is 0 Å². The zero-order valence-electron chi connectivity index (χ0n) is 21.0. The highest BCUT2D eigenvalue weighted by molar-refractivity contribution is 6.05. The van der Waals surface area contributed by atoms with Gasteiger partial charge in [0.1, 0.15) is 0 Å². The zero-order valence-corrected chi connectivity index (χ0v) is 21.0. The summed E-state index contributed by atoms with van der Waals surface area (Å²) in [6.07, 6.45) is 6.96. The maximum absolute atomic E-state index is 12.6. The second-order valence-electron chi connectivity index (χ2n) is 8.81. The van der Waals surface area contributed by atoms with Crippen LogP contribution in [0, 0.1) is 0 Å². The highest BCUT2D eigenvalue weighted by atomic mass is 16.1. The van der Waals surface area contributed by atoms with Crippen LogP contribution in [-0.4, -0.2) is 53.0 Å². The Balaban J connectivity index is 1.50. The Labute approximate surface area is 211 Å². The van der Waals surface area contributed by atoms with Crippen molar-refractivity contribution < 1.29 is 4.79 Å². The van der Waals surface area contributed by atoms with E-state index in [1.165, 1.54) is 0 Å². The molecule has 0 radical (unpaired) electrons. The lowest BCUT2D eigenvalue weighted by atomic mass is 10.1. The molecular weight excluding hydrogens is 452 g/mol. The Kier molecular flexibility index (Phi) is 7.50. The first-order valence-corrected chi connectivity index (χ1v) is 11.7. The average molecular weight is 485 g/mol. The lowest BCUT2D eigenvalue weighted by molar-refractivity contribution is 0.102. The van der Waals surface area contributed by atoms with E-state index in [1.807, 2.05) is 36.5 Å². The summed E-state index contributed by atoms with van der Waals surface area (Å²) >= 11 is 0. The van der Waals surface area contributed by atoms with Crippen LogP contribution in [0.1, 0.15) is 29.4 Å². The number of nitrogen functional groups attached to an aromatic ring is 1. The van der Waals surface area contributed by atoms with Gasteiger partial charge >= 0.3 is 0 Å². The van der Waals surface area contributed by atoms with Gasteiger partial charge in [-0.1, -0.05) is 18.2 Å². The van der Waals surface area contributed by atoms with E-state index < -0.39 is 0 Å². The fraction of sp³-hybridized carbons (Fsp3) is 0.222. The normalized spacial score (nSPS) is 15.8. The van der Waals surface area contributed by atoms with E-state index in [0.717, 1.165) is 29.2 Å². The van der Waals surface area contributed by atoms with Crippen LogP contribution in [0.5, 0.6) is 0 Å². The first-order chi connectivity index (χ1) is 17.3. The molecule has 0 bridgehead atoms. The summed E-state index contributed by atoms with van der Waals surface area (Å²) < 4.78 is 0. The molecule has 4 rings (SSSR count). The maximum Gasteiger partial charge on any atom is 0.255 e. The summed E-state index contributed by atoms with van der Waals surface area (Å²) in [5.41, 5.74) is 11.1. The van der Waals surface area contributed by atoms with Crippen molar-refractivity contribution in [2.75, 3.05) is 37.5 Å². The summed E-state index contributed by atoms with van der Waals surface area (Å²) in [6.45, 7) is 2.08. The molecule has 1 aliphatic rings. The van der Waals surface area contributed by atoms with Gasteiger partial charge < -0.3 is 26.6 Å². The number of allylic oxidation sites excluding steroid dienone is 1. The second kappa shape index (κ2) is 10.9. The maximum atomic E-state index is 12.6. The smallest absolute Gasteiger partial charge is 0.255 e. The molecule has 1 amide bonds. The lowest BCUT2D eigenvalue weighted by Crippen LogP contribution is -2.42. The van der Waals surface area contributed by atoms with Gasteiger partial charge in [0.05, 0.1) is 28.9 Å². The molecule has 2 aromatic carbocycles. The van der Waals surface area contributed by atoms with Crippen LogP contribution in [0.3, 0.4) is 0 Å². The zero-order chi connectivity index (χ0) is 25.7. The second-order valence-corrected chi connectivity index (χ2v) is 8.81. The molecule has 1 unspecified atom stereocenters. The Hall–Kier alpha value is -4.37. The number of amides is 1. The topological polar surface area (TPSA) is 111 Å². The van der Waals surface area contributed by atoms with Crippen LogP contribution < -0.4 is 21.7 Å². The summed E-state index contributed by atoms with van der Waals surface area (Å²) in [4.78, 5) is 26.1. The predicted octanol–water partition coefficient (Wildman–Crippen LogP) is 4.07. The molecular formula is C27H32N8O. The number of rotatable bonds is 6. The monoisotopic (exact) mass is 484 g/mol. The number of nitrogens with two attached hydrogens (primary N) is 1. The van der Waals surface area contributed by atoms with Crippen molar-refractivity contribution in [2.24, 2.45) is 0 Å². The van der Waals surface area contributed by atoms with Gasteiger partial charge in [-0.2, -0.15) is 0 Å². The molecule has 2 heterocycles. The van der Waals surface area contributed by atoms with Crippen LogP contribution in [0.25, 0.3) is 5.70 Å². The Morgan fingerprint density at radius 2 is 1.89 bits per heavy atom. The van der Waals surface area contributed by atoms with Gasteiger partial charge in [0.15, 0.2) is 0 Å². The van der Waals surface area contributed by atoms with Crippen molar-refractivity contribution in [2.45, 2.75) is 19.5 Å². The standard InChI is InChI=1S/C27H32N8O/c1-18-25(29-16-7-10-24(34(2)3)35(18)4)23-15-17-30-27(33-23)31-20-13-11-19(12-14-20)26(36)32-22-9-6-5-8-21(22)28/h5-9,11-17,24,29H,10,28H2,1-4H3,(H,32,36)(H,30,31,33). The Bertz CT molecular complexity index is 1280. The minimum absolute atomic E-state index is 0.233. The van der Waals surface area contributed by atoms with Gasteiger partial charge in [-0.25, -0.2) is 9.97 Å². The number of nitrogens with zero attached hydrogens (tertiary/aromatic N) is 4. The van der Waals surface area contributed by atoms with Gasteiger partial charge in [0, 0.05) is 36.6 Å². The largest absolute Gasteiger partial charge is 0.397 e. The fourth-order valence-electron chi connectivity index (χ4n) is 4.01. The van der Waals surface area contributed by atoms with E-state index in [2.05, 4.69) is 64.9 Å². The third kappa shape index (κ3) is 5.64. The van der Waals surface area contributed by atoms with E-state index >= 15 is 0 Å². The molecule has 9 heteroatoms. The van der Waals surface area contributed by atoms with E-state index in [9.17, 15) is 4.79 Å². The van der Waals surface area contributed by atoms with Gasteiger partial charge in [-0.3, -0.25) is 9.69 Å². The molecule has 1 aliphatic heterocycles. The van der Waals surface area contributed by atoms with Crippen molar-refractivity contribution in [3.63, 3.8) is 0 Å². The van der Waals surface area contributed by atoms with Crippen LogP contribution >= 0.6 is 0 Å². The summed E-state index contributed by atoms with van der Waals surface area (Å²) in [6, 6.07) is 16.2. The number of carbonyl (C=O) groups is 1. The molecule has 0 fully saturated rings. The molecule has 1 atom stereocenters. The van der Waals surface area contributed by atoms with Crippen molar-refractivity contribution >= 4 is 34.6 Å².